The molecule has 0 fully saturated rings. The van der Waals surface area contributed by atoms with Gasteiger partial charge in [-0.05, 0) is 25.1 Å². The van der Waals surface area contributed by atoms with E-state index in [1.165, 1.54) is 17.8 Å². The van der Waals surface area contributed by atoms with Gasteiger partial charge >= 0.3 is 6.18 Å². The van der Waals surface area contributed by atoms with Gasteiger partial charge in [-0.3, -0.25) is 9.48 Å². The zero-order chi connectivity index (χ0) is 23.2. The van der Waals surface area contributed by atoms with Crippen LogP contribution in [0.25, 0.3) is 5.65 Å². The van der Waals surface area contributed by atoms with Gasteiger partial charge in [0, 0.05) is 33.6 Å². The van der Waals surface area contributed by atoms with E-state index in [1.54, 1.807) is 18.2 Å². The summed E-state index contributed by atoms with van der Waals surface area (Å²) in [7, 11) is 0. The molecule has 0 saturated carbocycles. The highest BCUT2D eigenvalue weighted by molar-refractivity contribution is 6.36. The zero-order valence-corrected chi connectivity index (χ0v) is 18.4. The molecule has 3 aromatic heterocycles. The Kier molecular flexibility index (Phi) is 5.78. The molecule has 4 aromatic rings. The van der Waals surface area contributed by atoms with Crippen molar-refractivity contribution in [3.63, 3.8) is 0 Å². The van der Waals surface area contributed by atoms with E-state index in [1.807, 2.05) is 0 Å². The second-order valence-electron chi connectivity index (χ2n) is 6.76. The van der Waals surface area contributed by atoms with Crippen molar-refractivity contribution in [3.8, 4) is 0 Å². The third-order valence-electron chi connectivity index (χ3n) is 4.41. The van der Waals surface area contributed by atoms with Crippen LogP contribution in [-0.4, -0.2) is 30.3 Å². The molecule has 1 N–H and O–H groups in total. The van der Waals surface area contributed by atoms with Gasteiger partial charge < -0.3 is 5.32 Å². The average molecular weight is 504 g/mol. The molecular formula is C19H12Cl3F3N6O. The number of carbonyl (C=O) groups excluding carboxylic acids is 1. The summed E-state index contributed by atoms with van der Waals surface area (Å²) >= 11 is 18.5. The third kappa shape index (κ3) is 4.38. The number of halogens is 6. The summed E-state index contributed by atoms with van der Waals surface area (Å²) < 4.78 is 41.9. The van der Waals surface area contributed by atoms with E-state index < -0.39 is 17.8 Å². The average Bonchev–Trinajstić information content (AvgIpc) is 3.26. The van der Waals surface area contributed by atoms with Crippen LogP contribution in [0.1, 0.15) is 27.4 Å². The van der Waals surface area contributed by atoms with E-state index in [4.69, 9.17) is 34.8 Å². The molecule has 0 atom stereocenters. The van der Waals surface area contributed by atoms with Crippen molar-refractivity contribution < 1.29 is 18.0 Å². The van der Waals surface area contributed by atoms with Gasteiger partial charge in [-0.2, -0.15) is 23.4 Å². The number of hydrogen-bond acceptors (Lipinski definition) is 4. The Labute approximate surface area is 193 Å². The van der Waals surface area contributed by atoms with Crippen LogP contribution in [0.3, 0.4) is 0 Å². The van der Waals surface area contributed by atoms with Crippen LogP contribution in [-0.2, 0) is 12.7 Å². The van der Waals surface area contributed by atoms with Crippen LogP contribution < -0.4 is 5.32 Å². The lowest BCUT2D eigenvalue weighted by Gasteiger charge is -2.09. The number of hydrogen-bond donors (Lipinski definition) is 1. The molecule has 0 unspecified atom stereocenters. The number of aryl methyl sites for hydroxylation is 1. The number of alkyl halides is 3. The molecule has 3 heterocycles. The fourth-order valence-electron chi connectivity index (χ4n) is 2.99. The van der Waals surface area contributed by atoms with Crippen molar-refractivity contribution in [3.05, 3.63) is 74.2 Å². The maximum absolute atomic E-state index is 13.3. The van der Waals surface area contributed by atoms with Crippen molar-refractivity contribution in [1.29, 1.82) is 0 Å². The maximum Gasteiger partial charge on any atom is 0.433 e. The lowest BCUT2D eigenvalue weighted by atomic mass is 10.2. The molecule has 32 heavy (non-hydrogen) atoms. The number of aromatic nitrogens is 5. The number of fused-ring (bicyclic) bond motifs is 1. The molecule has 0 spiro atoms. The summed E-state index contributed by atoms with van der Waals surface area (Å²) in [5.74, 6) is -0.804. The van der Waals surface area contributed by atoms with Crippen LogP contribution in [0, 0.1) is 6.92 Å². The summed E-state index contributed by atoms with van der Waals surface area (Å²) in [5, 5.41) is 11.4. The van der Waals surface area contributed by atoms with Gasteiger partial charge in [0.2, 0.25) is 0 Å². The Balaban J connectivity index is 1.60. The Morgan fingerprint density at radius 2 is 1.78 bits per heavy atom. The predicted molar refractivity (Wildman–Crippen MR) is 113 cm³/mol. The summed E-state index contributed by atoms with van der Waals surface area (Å²) in [6, 6.07) is 7.03. The van der Waals surface area contributed by atoms with Crippen molar-refractivity contribution in [1.82, 2.24) is 24.4 Å². The minimum atomic E-state index is -4.67. The van der Waals surface area contributed by atoms with E-state index >= 15 is 0 Å². The molecule has 1 aromatic carbocycles. The Bertz CT molecular complexity index is 1330. The maximum atomic E-state index is 13.3. The van der Waals surface area contributed by atoms with E-state index in [0.717, 1.165) is 12.1 Å². The molecule has 0 aliphatic carbocycles. The largest absolute Gasteiger partial charge is 0.433 e. The first kappa shape index (κ1) is 22.4. The fourth-order valence-corrected chi connectivity index (χ4v) is 3.71. The van der Waals surface area contributed by atoms with Crippen LogP contribution >= 0.6 is 34.8 Å². The molecule has 0 aliphatic rings. The van der Waals surface area contributed by atoms with Gasteiger partial charge in [0.25, 0.3) is 5.91 Å². The molecule has 7 nitrogen and oxygen atoms in total. The third-order valence-corrected chi connectivity index (χ3v) is 5.39. The first-order valence-corrected chi connectivity index (χ1v) is 10.1. The van der Waals surface area contributed by atoms with Gasteiger partial charge in [0.1, 0.15) is 10.7 Å². The Hall–Kier alpha value is -2.82. The monoisotopic (exact) mass is 502 g/mol. The molecule has 1 amide bonds. The van der Waals surface area contributed by atoms with Gasteiger partial charge in [-0.15, -0.1) is 0 Å². The molecule has 13 heteroatoms. The number of benzene rings is 1. The zero-order valence-electron chi connectivity index (χ0n) is 16.1. The number of amides is 1. The summed E-state index contributed by atoms with van der Waals surface area (Å²) in [5.41, 5.74) is -0.704. The number of carbonyl (C=O) groups is 1. The van der Waals surface area contributed by atoms with Gasteiger partial charge in [0.15, 0.2) is 17.2 Å². The van der Waals surface area contributed by atoms with Gasteiger partial charge in [-0.1, -0.05) is 40.9 Å². The standard InChI is InChI=1S/C19H12Cl3F3N6O/c1-9-5-15(19(23,24)25)31-16(26-9)6-14(28-31)18(32)27-17-13(22)8-30(29-17)7-10-11(20)3-2-4-12(10)21/h2-6,8H,7H2,1H3,(H,27,29,32). The number of rotatable bonds is 4. The van der Waals surface area contributed by atoms with Crippen LogP contribution in [0.5, 0.6) is 0 Å². The first-order valence-electron chi connectivity index (χ1n) is 8.95. The molecule has 4 rings (SSSR count). The smallest absolute Gasteiger partial charge is 0.302 e. The van der Waals surface area contributed by atoms with Crippen LogP contribution in [0.15, 0.2) is 36.5 Å². The molecular weight excluding hydrogens is 492 g/mol. The second kappa shape index (κ2) is 8.27. The SMILES string of the molecule is Cc1cc(C(F)(F)F)n2nc(C(=O)Nc3nn(Cc4c(Cl)cccc4Cl)cc3Cl)cc2n1. The van der Waals surface area contributed by atoms with Crippen molar-refractivity contribution in [2.24, 2.45) is 0 Å². The van der Waals surface area contributed by atoms with Crippen molar-refractivity contribution in [2.75, 3.05) is 5.32 Å². The van der Waals surface area contributed by atoms with Crippen molar-refractivity contribution >= 4 is 52.2 Å². The van der Waals surface area contributed by atoms with Gasteiger partial charge in [0.05, 0.1) is 6.54 Å². The molecule has 166 valence electrons. The quantitative estimate of drug-likeness (QED) is 0.398. The fraction of sp³-hybridized carbons (Fsp3) is 0.158. The lowest BCUT2D eigenvalue weighted by molar-refractivity contribution is -0.142. The summed E-state index contributed by atoms with van der Waals surface area (Å²) in [4.78, 5) is 16.6. The van der Waals surface area contributed by atoms with Crippen molar-refractivity contribution in [2.45, 2.75) is 19.6 Å². The first-order chi connectivity index (χ1) is 15.0. The summed E-state index contributed by atoms with van der Waals surface area (Å²) in [6.07, 6.45) is -3.22. The number of nitrogens with zero attached hydrogens (tertiary/aromatic N) is 5. The van der Waals surface area contributed by atoms with Crippen LogP contribution in [0.2, 0.25) is 15.1 Å². The topological polar surface area (TPSA) is 77.1 Å². The highest BCUT2D eigenvalue weighted by Gasteiger charge is 2.35. The minimum absolute atomic E-state index is 0.00270. The number of nitrogens with one attached hydrogen (secondary N) is 1. The Morgan fingerprint density at radius 3 is 2.44 bits per heavy atom. The van der Waals surface area contributed by atoms with E-state index in [0.29, 0.717) is 20.1 Å². The lowest BCUT2D eigenvalue weighted by Crippen LogP contribution is -2.16. The van der Waals surface area contributed by atoms with E-state index in [9.17, 15) is 18.0 Å². The van der Waals surface area contributed by atoms with E-state index in [-0.39, 0.29) is 34.4 Å². The number of anilines is 1. The highest BCUT2D eigenvalue weighted by Crippen LogP contribution is 2.30. The highest BCUT2D eigenvalue weighted by atomic mass is 35.5. The predicted octanol–water partition coefficient (Wildman–Crippen LogP) is 5.51. The normalized spacial score (nSPS) is 11.8. The van der Waals surface area contributed by atoms with E-state index in [2.05, 4.69) is 20.5 Å². The summed E-state index contributed by atoms with van der Waals surface area (Å²) in [6.45, 7) is 1.60. The molecule has 0 radical (unpaired) electrons. The van der Waals surface area contributed by atoms with Crippen LogP contribution in [0.4, 0.5) is 19.0 Å². The Morgan fingerprint density at radius 1 is 1.09 bits per heavy atom. The minimum Gasteiger partial charge on any atom is -0.302 e. The second-order valence-corrected chi connectivity index (χ2v) is 7.98. The molecule has 0 bridgehead atoms. The van der Waals surface area contributed by atoms with Gasteiger partial charge in [-0.25, -0.2) is 9.50 Å². The molecule has 0 aliphatic heterocycles. The molecule has 0 saturated heterocycles.